The summed E-state index contributed by atoms with van der Waals surface area (Å²) < 4.78 is 0.906. The molecule has 2 rings (SSSR count). The maximum Gasteiger partial charge on any atom is 0.282 e. The summed E-state index contributed by atoms with van der Waals surface area (Å²) in [4.78, 5) is 13.2. The molecule has 0 aromatic heterocycles. The molecule has 1 atom stereocenters. The van der Waals surface area contributed by atoms with Crippen molar-refractivity contribution in [1.82, 2.24) is 0 Å². The summed E-state index contributed by atoms with van der Waals surface area (Å²) in [6.45, 7) is 14.7. The van der Waals surface area contributed by atoms with E-state index in [1.54, 1.807) is 0 Å². The second kappa shape index (κ2) is 10.7. The van der Waals surface area contributed by atoms with Crippen LogP contribution in [0.15, 0.2) is 12.1 Å². The first-order valence-corrected chi connectivity index (χ1v) is 10.6. The molecule has 3 nitrogen and oxygen atoms in total. The van der Waals surface area contributed by atoms with E-state index in [-0.39, 0.29) is 11.9 Å². The number of anilines is 1. The van der Waals surface area contributed by atoms with Gasteiger partial charge in [-0.1, -0.05) is 38.5 Å². The molecule has 0 aliphatic carbocycles. The summed E-state index contributed by atoms with van der Waals surface area (Å²) in [6, 6.07) is 4.37. The Morgan fingerprint density at radius 2 is 1.54 bits per heavy atom. The Morgan fingerprint density at radius 1 is 1.04 bits per heavy atom. The van der Waals surface area contributed by atoms with Gasteiger partial charge >= 0.3 is 0 Å². The Bertz CT molecular complexity index is 549. The number of likely N-dealkylation sites (N-methyl/N-ethyl adjacent to an activating group) is 1. The van der Waals surface area contributed by atoms with Crippen molar-refractivity contribution in [2.45, 2.75) is 86.1 Å². The van der Waals surface area contributed by atoms with Gasteiger partial charge in [-0.25, -0.2) is 0 Å². The predicted octanol–water partition coefficient (Wildman–Crippen LogP) is 5.77. The molecule has 0 radical (unpaired) electrons. The number of carbonyl (C=O) groups excluding carboxylic acids is 1. The van der Waals surface area contributed by atoms with E-state index in [9.17, 15) is 4.79 Å². The zero-order chi connectivity index (χ0) is 19.7. The van der Waals surface area contributed by atoms with Crippen LogP contribution in [0.2, 0.25) is 0 Å². The van der Waals surface area contributed by atoms with Crippen LogP contribution in [0.5, 0.6) is 0 Å². The summed E-state index contributed by atoms with van der Waals surface area (Å²) in [5, 5.41) is 3.28. The van der Waals surface area contributed by atoms with Crippen LogP contribution in [0.4, 0.5) is 5.69 Å². The molecule has 148 valence electrons. The highest BCUT2D eigenvalue weighted by Crippen LogP contribution is 2.26. The van der Waals surface area contributed by atoms with Gasteiger partial charge in [0.15, 0.2) is 6.04 Å². The summed E-state index contributed by atoms with van der Waals surface area (Å²) in [5.41, 5.74) is 4.58. The van der Waals surface area contributed by atoms with Gasteiger partial charge < -0.3 is 9.80 Å². The Morgan fingerprint density at radius 3 is 2.00 bits per heavy atom. The molecule has 0 spiro atoms. The van der Waals surface area contributed by atoms with E-state index in [1.807, 2.05) is 13.8 Å². The van der Waals surface area contributed by atoms with Crippen molar-refractivity contribution in [3.05, 3.63) is 28.8 Å². The maximum atomic E-state index is 13.2. The number of nitrogens with one attached hydrogen (secondary N) is 1. The monoisotopic (exact) mass is 361 g/mol. The first-order valence-electron chi connectivity index (χ1n) is 10.6. The molecule has 1 unspecified atom stereocenters. The van der Waals surface area contributed by atoms with E-state index in [0.29, 0.717) is 0 Å². The molecule has 26 heavy (non-hydrogen) atoms. The lowest BCUT2D eigenvalue weighted by atomic mass is 10.0. The molecule has 1 fully saturated rings. The topological polar surface area (TPSA) is 29.1 Å². The third-order valence-electron chi connectivity index (χ3n) is 5.63. The van der Waals surface area contributed by atoms with Gasteiger partial charge in [0, 0.05) is 12.1 Å². The molecule has 1 saturated heterocycles. The van der Waals surface area contributed by atoms with Gasteiger partial charge in [0.25, 0.3) is 5.91 Å². The number of rotatable bonds is 5. The van der Waals surface area contributed by atoms with Gasteiger partial charge in [-0.15, -0.1) is 0 Å². The van der Waals surface area contributed by atoms with E-state index in [1.165, 1.54) is 31.2 Å². The molecular weight excluding hydrogens is 320 g/mol. The minimum absolute atomic E-state index is 0.0632. The number of aryl methyl sites for hydroxylation is 3. The second-order valence-electron chi connectivity index (χ2n) is 7.91. The van der Waals surface area contributed by atoms with Crippen molar-refractivity contribution in [2.24, 2.45) is 0 Å². The first-order chi connectivity index (χ1) is 12.4. The molecule has 0 bridgehead atoms. The largest absolute Gasteiger partial charge is 0.320 e. The lowest BCUT2D eigenvalue weighted by molar-refractivity contribution is -0.924. The van der Waals surface area contributed by atoms with E-state index < -0.39 is 0 Å². The van der Waals surface area contributed by atoms with Crippen molar-refractivity contribution >= 4 is 11.6 Å². The number of likely N-dealkylation sites (tertiary alicyclic amines) is 1. The lowest BCUT2D eigenvalue weighted by Gasteiger charge is -2.40. The maximum absolute atomic E-state index is 13.2. The lowest BCUT2D eigenvalue weighted by Crippen LogP contribution is -2.57. The molecular formula is C23H41N2O+. The number of nitrogens with zero attached hydrogens (tertiary/aromatic N) is 1. The Balaban J connectivity index is 0.00000163. The van der Waals surface area contributed by atoms with Crippen LogP contribution in [0.1, 0.15) is 76.0 Å². The minimum atomic E-state index is 0.0632. The smallest absolute Gasteiger partial charge is 0.282 e. The molecule has 1 N–H and O–H groups in total. The van der Waals surface area contributed by atoms with Gasteiger partial charge in [0.1, 0.15) is 0 Å². The van der Waals surface area contributed by atoms with Gasteiger partial charge in [-0.3, -0.25) is 4.79 Å². The van der Waals surface area contributed by atoms with Crippen LogP contribution in [-0.2, 0) is 4.79 Å². The van der Waals surface area contributed by atoms with Crippen molar-refractivity contribution in [3.8, 4) is 0 Å². The highest BCUT2D eigenvalue weighted by Gasteiger charge is 2.38. The van der Waals surface area contributed by atoms with E-state index >= 15 is 0 Å². The Hall–Kier alpha value is -1.35. The fourth-order valence-corrected chi connectivity index (χ4v) is 4.31. The standard InChI is InChI=1S/C21H34N2O.C2H6/c1-6-11-19(23(5)12-9-7-8-10-13-23)21(24)22-20-17(3)14-16(2)15-18(20)4;1-2/h14-15,19H,6-13H2,1-5H3;1-2H3/p+1. The zero-order valence-corrected chi connectivity index (χ0v) is 18.2. The molecule has 1 heterocycles. The van der Waals surface area contributed by atoms with Crippen molar-refractivity contribution in [3.63, 3.8) is 0 Å². The van der Waals surface area contributed by atoms with Crippen LogP contribution in [0.25, 0.3) is 0 Å². The molecule has 1 aromatic carbocycles. The minimum Gasteiger partial charge on any atom is -0.320 e. The number of hydrogen-bond donors (Lipinski definition) is 1. The quantitative estimate of drug-likeness (QED) is 0.663. The zero-order valence-electron chi connectivity index (χ0n) is 18.2. The average Bonchev–Trinajstić information content (AvgIpc) is 2.82. The van der Waals surface area contributed by atoms with Gasteiger partial charge in [-0.05, 0) is 64.0 Å². The Labute approximate surface area is 161 Å². The second-order valence-corrected chi connectivity index (χ2v) is 7.91. The van der Waals surface area contributed by atoms with Gasteiger partial charge in [0.2, 0.25) is 0 Å². The molecule has 1 aliphatic heterocycles. The van der Waals surface area contributed by atoms with E-state index in [4.69, 9.17) is 0 Å². The number of carbonyl (C=O) groups is 1. The van der Waals surface area contributed by atoms with Crippen LogP contribution in [0, 0.1) is 20.8 Å². The van der Waals surface area contributed by atoms with Crippen molar-refractivity contribution in [1.29, 1.82) is 0 Å². The molecule has 1 amide bonds. The number of hydrogen-bond acceptors (Lipinski definition) is 1. The van der Waals surface area contributed by atoms with Gasteiger partial charge in [-0.2, -0.15) is 0 Å². The normalized spacial score (nSPS) is 17.5. The SMILES string of the molecule is CC.CCCC(C(=O)Nc1c(C)cc(C)cc1C)[N+]1(C)CCCCCC1. The summed E-state index contributed by atoms with van der Waals surface area (Å²) in [6.07, 6.45) is 7.12. The summed E-state index contributed by atoms with van der Waals surface area (Å²) >= 11 is 0. The number of benzene rings is 1. The highest BCUT2D eigenvalue weighted by molar-refractivity contribution is 5.95. The summed E-state index contributed by atoms with van der Waals surface area (Å²) in [5.74, 6) is 0.205. The van der Waals surface area contributed by atoms with Crippen LogP contribution in [0.3, 0.4) is 0 Å². The highest BCUT2D eigenvalue weighted by atomic mass is 16.2. The predicted molar refractivity (Wildman–Crippen MR) is 114 cm³/mol. The molecule has 3 heteroatoms. The van der Waals surface area contributed by atoms with Crippen LogP contribution < -0.4 is 5.32 Å². The van der Waals surface area contributed by atoms with Crippen molar-refractivity contribution in [2.75, 3.05) is 25.5 Å². The third-order valence-corrected chi connectivity index (χ3v) is 5.63. The van der Waals surface area contributed by atoms with Crippen molar-refractivity contribution < 1.29 is 9.28 Å². The molecule has 1 aromatic rings. The Kier molecular flexibility index (Phi) is 9.35. The van der Waals surface area contributed by atoms with E-state index in [0.717, 1.165) is 47.2 Å². The summed E-state index contributed by atoms with van der Waals surface area (Å²) in [7, 11) is 2.29. The molecule has 0 saturated carbocycles. The number of quaternary nitrogens is 1. The molecule has 1 aliphatic rings. The van der Waals surface area contributed by atoms with Gasteiger partial charge in [0.05, 0.1) is 20.1 Å². The average molecular weight is 362 g/mol. The third kappa shape index (κ3) is 5.84. The first kappa shape index (κ1) is 22.7. The fourth-order valence-electron chi connectivity index (χ4n) is 4.31. The van der Waals surface area contributed by atoms with Crippen LogP contribution >= 0.6 is 0 Å². The van der Waals surface area contributed by atoms with Crippen LogP contribution in [-0.4, -0.2) is 36.6 Å². The number of amides is 1. The fraction of sp³-hybridized carbons (Fsp3) is 0.696. The van der Waals surface area contributed by atoms with E-state index in [2.05, 4.69) is 52.2 Å².